The van der Waals surface area contributed by atoms with E-state index in [1.54, 1.807) is 7.11 Å². The molecule has 120 valence electrons. The summed E-state index contributed by atoms with van der Waals surface area (Å²) < 4.78 is 15.3. The van der Waals surface area contributed by atoms with E-state index in [2.05, 4.69) is 0 Å². The molecule has 0 spiro atoms. The lowest BCUT2D eigenvalue weighted by Crippen LogP contribution is -2.30. The van der Waals surface area contributed by atoms with E-state index < -0.39 is 18.1 Å². The molecule has 0 fully saturated rings. The van der Waals surface area contributed by atoms with Crippen molar-refractivity contribution in [1.82, 2.24) is 0 Å². The number of thioether (sulfide) groups is 1. The van der Waals surface area contributed by atoms with Crippen LogP contribution in [0.5, 0.6) is 0 Å². The first-order valence-corrected chi connectivity index (χ1v) is 7.62. The highest BCUT2D eigenvalue weighted by atomic mass is 32.2. The molecule has 0 aromatic heterocycles. The van der Waals surface area contributed by atoms with Crippen LogP contribution in [0, 0.1) is 0 Å². The van der Waals surface area contributed by atoms with Gasteiger partial charge in [-0.1, -0.05) is 0 Å². The van der Waals surface area contributed by atoms with E-state index >= 15 is 0 Å². The summed E-state index contributed by atoms with van der Waals surface area (Å²) in [6.45, 7) is 2.22. The van der Waals surface area contributed by atoms with Gasteiger partial charge in [0.15, 0.2) is 0 Å². The van der Waals surface area contributed by atoms with E-state index in [1.807, 2.05) is 0 Å². The number of methoxy groups -OCH3 is 1. The smallest absolute Gasteiger partial charge is 0.320 e. The van der Waals surface area contributed by atoms with Crippen LogP contribution >= 0.6 is 11.8 Å². The van der Waals surface area contributed by atoms with E-state index in [0.717, 1.165) is 0 Å². The molecule has 0 aromatic carbocycles. The molecule has 0 saturated heterocycles. The predicted molar refractivity (Wildman–Crippen MR) is 77.1 cm³/mol. The Bertz CT molecular complexity index is 244. The minimum absolute atomic E-state index is 0.242. The molecule has 0 saturated carbocycles. The maximum Gasteiger partial charge on any atom is 0.320 e. The average Bonchev–Trinajstić information content (AvgIpc) is 2.42. The first-order valence-electron chi connectivity index (χ1n) is 6.46. The summed E-state index contributed by atoms with van der Waals surface area (Å²) >= 11 is 1.46. The zero-order chi connectivity index (χ0) is 15.2. The van der Waals surface area contributed by atoms with Gasteiger partial charge in [-0.2, -0.15) is 11.8 Å². The van der Waals surface area contributed by atoms with Gasteiger partial charge in [0.1, 0.15) is 6.04 Å². The van der Waals surface area contributed by atoms with E-state index in [1.165, 1.54) is 11.8 Å². The van der Waals surface area contributed by atoms with Gasteiger partial charge in [0.25, 0.3) is 0 Å². The number of ether oxygens (including phenoxy) is 3. The van der Waals surface area contributed by atoms with E-state index in [9.17, 15) is 9.90 Å². The van der Waals surface area contributed by atoms with Crippen molar-refractivity contribution >= 4 is 17.7 Å². The van der Waals surface area contributed by atoms with Gasteiger partial charge in [0, 0.05) is 12.9 Å². The molecular formula is C12H25NO6S. The number of aliphatic hydroxyl groups excluding tert-OH is 1. The molecule has 1 unspecified atom stereocenters. The molecular weight excluding hydrogens is 286 g/mol. The van der Waals surface area contributed by atoms with Gasteiger partial charge in [-0.05, 0) is 12.2 Å². The van der Waals surface area contributed by atoms with Gasteiger partial charge in [0.2, 0.25) is 0 Å². The number of hydrogen-bond acceptors (Lipinski definition) is 7. The quantitative estimate of drug-likeness (QED) is 0.370. The number of aliphatic carboxylic acids is 1. The summed E-state index contributed by atoms with van der Waals surface area (Å²) in [6.07, 6.45) is -0.180. The fourth-order valence-electron chi connectivity index (χ4n) is 1.18. The third-order valence-corrected chi connectivity index (χ3v) is 3.46. The van der Waals surface area contributed by atoms with Crippen LogP contribution in [0.1, 0.15) is 6.42 Å². The van der Waals surface area contributed by atoms with Gasteiger partial charge in [-0.25, -0.2) is 0 Å². The lowest BCUT2D eigenvalue weighted by atomic mass is 10.2. The monoisotopic (exact) mass is 311 g/mol. The number of carboxylic acids is 1. The van der Waals surface area contributed by atoms with E-state index in [-0.39, 0.29) is 6.61 Å². The van der Waals surface area contributed by atoms with Crippen LogP contribution in [-0.2, 0) is 19.0 Å². The van der Waals surface area contributed by atoms with Crippen molar-refractivity contribution in [2.45, 2.75) is 18.6 Å². The Labute approximate surface area is 123 Å². The number of carbonyl (C=O) groups is 1. The van der Waals surface area contributed by atoms with Crippen LogP contribution in [-0.4, -0.2) is 80.0 Å². The molecule has 0 bridgehead atoms. The number of hydrogen-bond donors (Lipinski definition) is 3. The summed E-state index contributed by atoms with van der Waals surface area (Å²) in [4.78, 5) is 10.5. The van der Waals surface area contributed by atoms with Crippen LogP contribution in [0.2, 0.25) is 0 Å². The number of aliphatic hydroxyl groups is 1. The fourth-order valence-corrected chi connectivity index (χ4v) is 2.14. The van der Waals surface area contributed by atoms with E-state index in [4.69, 9.17) is 25.1 Å². The van der Waals surface area contributed by atoms with Crippen LogP contribution in [0.4, 0.5) is 0 Å². The third-order valence-electron chi connectivity index (χ3n) is 2.31. The van der Waals surface area contributed by atoms with Crippen molar-refractivity contribution in [1.29, 1.82) is 0 Å². The standard InChI is InChI=1S/C12H25NO6S/c1-17-3-4-18-5-6-19-8-10(14)9-20-7-2-11(13)12(15)16/h10-11,14H,2-9,13H2,1H3,(H,15,16)/t10?,11-/m0/s1. The number of carboxylic acid groups (broad SMARTS) is 1. The average molecular weight is 311 g/mol. The molecule has 0 aromatic rings. The molecule has 20 heavy (non-hydrogen) atoms. The topological polar surface area (TPSA) is 111 Å². The van der Waals surface area contributed by atoms with Crippen LogP contribution < -0.4 is 5.73 Å². The van der Waals surface area contributed by atoms with Gasteiger partial charge in [-0.3, -0.25) is 4.79 Å². The molecule has 0 heterocycles. The van der Waals surface area contributed by atoms with Crippen molar-refractivity contribution in [2.75, 3.05) is 51.6 Å². The Morgan fingerprint density at radius 1 is 1.25 bits per heavy atom. The minimum atomic E-state index is -0.997. The fraction of sp³-hybridized carbons (Fsp3) is 0.917. The van der Waals surface area contributed by atoms with Crippen LogP contribution in [0.3, 0.4) is 0 Å². The molecule has 0 aliphatic heterocycles. The summed E-state index contributed by atoms with van der Waals surface area (Å²) in [5, 5.41) is 18.2. The lowest BCUT2D eigenvalue weighted by molar-refractivity contribution is -0.138. The van der Waals surface area contributed by atoms with Crippen molar-refractivity contribution in [3.63, 3.8) is 0 Å². The molecule has 0 rings (SSSR count). The first-order chi connectivity index (χ1) is 9.57. The van der Waals surface area contributed by atoms with Crippen LogP contribution in [0.25, 0.3) is 0 Å². The Morgan fingerprint density at radius 3 is 2.55 bits per heavy atom. The Balaban J connectivity index is 3.28. The molecule has 0 aliphatic carbocycles. The summed E-state index contributed by atoms with van der Waals surface area (Å²) in [7, 11) is 1.61. The summed E-state index contributed by atoms with van der Waals surface area (Å²) in [5.41, 5.74) is 5.36. The highest BCUT2D eigenvalue weighted by molar-refractivity contribution is 7.99. The maximum absolute atomic E-state index is 10.5. The predicted octanol–water partition coefficient (Wildman–Crippen LogP) is -0.438. The zero-order valence-corrected chi connectivity index (χ0v) is 12.6. The molecule has 0 amide bonds. The Kier molecular flexibility index (Phi) is 13.3. The summed E-state index contributed by atoms with van der Waals surface area (Å²) in [6, 6.07) is -0.833. The van der Waals surface area contributed by atoms with Crippen molar-refractivity contribution < 1.29 is 29.2 Å². The second kappa shape index (κ2) is 13.6. The lowest BCUT2D eigenvalue weighted by Gasteiger charge is -2.12. The maximum atomic E-state index is 10.5. The molecule has 8 heteroatoms. The highest BCUT2D eigenvalue weighted by Gasteiger charge is 2.11. The van der Waals surface area contributed by atoms with Crippen molar-refractivity contribution in [3.05, 3.63) is 0 Å². The van der Waals surface area contributed by atoms with Gasteiger partial charge >= 0.3 is 5.97 Å². The molecule has 0 aliphatic rings. The van der Waals surface area contributed by atoms with Crippen molar-refractivity contribution in [2.24, 2.45) is 5.73 Å². The second-order valence-corrected chi connectivity index (χ2v) is 5.29. The van der Waals surface area contributed by atoms with Crippen LogP contribution in [0.15, 0.2) is 0 Å². The zero-order valence-electron chi connectivity index (χ0n) is 11.8. The van der Waals surface area contributed by atoms with E-state index in [0.29, 0.717) is 44.4 Å². The SMILES string of the molecule is COCCOCCOCC(O)CSCC[C@H](N)C(=O)O. The highest BCUT2D eigenvalue weighted by Crippen LogP contribution is 2.06. The normalized spacial score (nSPS) is 14.2. The molecule has 2 atom stereocenters. The van der Waals surface area contributed by atoms with Gasteiger partial charge in [0.05, 0.1) is 39.1 Å². The Hall–Kier alpha value is -0.380. The molecule has 7 nitrogen and oxygen atoms in total. The Morgan fingerprint density at radius 2 is 1.90 bits per heavy atom. The van der Waals surface area contributed by atoms with Gasteiger partial charge < -0.3 is 30.2 Å². The number of nitrogens with two attached hydrogens (primary N) is 1. The van der Waals surface area contributed by atoms with Crippen molar-refractivity contribution in [3.8, 4) is 0 Å². The minimum Gasteiger partial charge on any atom is -0.480 e. The third kappa shape index (κ3) is 12.6. The number of rotatable bonds is 14. The first kappa shape index (κ1) is 19.6. The van der Waals surface area contributed by atoms with Gasteiger partial charge in [-0.15, -0.1) is 0 Å². The molecule has 4 N–H and O–H groups in total. The summed E-state index contributed by atoms with van der Waals surface area (Å²) in [5.74, 6) is 0.101. The molecule has 0 radical (unpaired) electrons. The largest absolute Gasteiger partial charge is 0.480 e. The second-order valence-electron chi connectivity index (χ2n) is 4.14.